The molecule has 0 spiro atoms. The van der Waals surface area contributed by atoms with E-state index in [0.29, 0.717) is 6.42 Å². The van der Waals surface area contributed by atoms with Gasteiger partial charge in [0.25, 0.3) is 0 Å². The molecule has 0 saturated carbocycles. The Balaban J connectivity index is 2.96. The molecule has 0 heterocycles. The molecule has 0 radical (unpaired) electrons. The molecule has 0 aliphatic carbocycles. The van der Waals surface area contributed by atoms with Crippen LogP contribution in [0.25, 0.3) is 0 Å². The first kappa shape index (κ1) is 8.34. The van der Waals surface area contributed by atoms with Gasteiger partial charge in [-0.05, 0) is 12.1 Å². The van der Waals surface area contributed by atoms with E-state index in [9.17, 15) is 4.79 Å². The maximum absolute atomic E-state index is 11.1. The maximum Gasteiger partial charge on any atom is 0.162 e. The summed E-state index contributed by atoms with van der Waals surface area (Å²) in [5.41, 5.74) is 0.750. The average molecular weight is 166 g/mol. The minimum Gasteiger partial charge on any atom is -0.294 e. The predicted octanol–water partition coefficient (Wildman–Crippen LogP) is 2.57. The largest absolute Gasteiger partial charge is 0.294 e. The van der Waals surface area contributed by atoms with Crippen LogP contribution >= 0.6 is 12.6 Å². The van der Waals surface area contributed by atoms with Crippen LogP contribution in [0.15, 0.2) is 29.2 Å². The van der Waals surface area contributed by atoms with Gasteiger partial charge in [0.15, 0.2) is 5.78 Å². The van der Waals surface area contributed by atoms with Crippen LogP contribution in [0.5, 0.6) is 0 Å². The second kappa shape index (κ2) is 3.58. The SMILES string of the molecule is CCC(=O)c1cccc(S)c1. The maximum atomic E-state index is 11.1. The van der Waals surface area contributed by atoms with Gasteiger partial charge in [0, 0.05) is 16.9 Å². The van der Waals surface area contributed by atoms with Crippen LogP contribution in [0.2, 0.25) is 0 Å². The third-order valence-corrected chi connectivity index (χ3v) is 1.77. The lowest BCUT2D eigenvalue weighted by atomic mass is 10.1. The van der Waals surface area contributed by atoms with Crippen LogP contribution in [-0.4, -0.2) is 5.78 Å². The molecule has 0 unspecified atom stereocenters. The topological polar surface area (TPSA) is 17.1 Å². The van der Waals surface area contributed by atoms with Crippen LogP contribution in [0.1, 0.15) is 23.7 Å². The van der Waals surface area contributed by atoms with Crippen molar-refractivity contribution in [1.29, 1.82) is 0 Å². The molecular formula is C9H10OS. The van der Waals surface area contributed by atoms with E-state index >= 15 is 0 Å². The number of carbonyl (C=O) groups excluding carboxylic acids is 1. The Morgan fingerprint density at radius 1 is 1.55 bits per heavy atom. The molecule has 0 atom stereocenters. The molecule has 0 aromatic heterocycles. The van der Waals surface area contributed by atoms with Gasteiger partial charge in [-0.25, -0.2) is 0 Å². The summed E-state index contributed by atoms with van der Waals surface area (Å²) < 4.78 is 0. The minimum atomic E-state index is 0.168. The highest BCUT2D eigenvalue weighted by molar-refractivity contribution is 7.80. The third kappa shape index (κ3) is 2.09. The molecule has 0 amide bonds. The summed E-state index contributed by atoms with van der Waals surface area (Å²) in [5, 5.41) is 0. The van der Waals surface area contributed by atoms with E-state index in [1.54, 1.807) is 6.07 Å². The first-order valence-electron chi connectivity index (χ1n) is 3.56. The summed E-state index contributed by atoms with van der Waals surface area (Å²) in [7, 11) is 0. The van der Waals surface area contributed by atoms with Gasteiger partial charge in [-0.1, -0.05) is 19.1 Å². The second-order valence-corrected chi connectivity index (χ2v) is 2.84. The monoisotopic (exact) mass is 166 g/mol. The van der Waals surface area contributed by atoms with Gasteiger partial charge >= 0.3 is 0 Å². The molecule has 58 valence electrons. The second-order valence-electron chi connectivity index (χ2n) is 2.33. The zero-order valence-electron chi connectivity index (χ0n) is 6.37. The molecule has 11 heavy (non-hydrogen) atoms. The predicted molar refractivity (Wildman–Crippen MR) is 48.3 cm³/mol. The van der Waals surface area contributed by atoms with Gasteiger partial charge in [-0.3, -0.25) is 4.79 Å². The lowest BCUT2D eigenvalue weighted by molar-refractivity contribution is 0.0988. The van der Waals surface area contributed by atoms with Crippen molar-refractivity contribution in [2.75, 3.05) is 0 Å². The molecule has 1 rings (SSSR count). The number of hydrogen-bond donors (Lipinski definition) is 1. The van der Waals surface area contributed by atoms with Gasteiger partial charge in [0.05, 0.1) is 0 Å². The van der Waals surface area contributed by atoms with E-state index < -0.39 is 0 Å². The van der Waals surface area contributed by atoms with Crippen molar-refractivity contribution in [1.82, 2.24) is 0 Å². The van der Waals surface area contributed by atoms with E-state index in [-0.39, 0.29) is 5.78 Å². The fourth-order valence-corrected chi connectivity index (χ4v) is 1.11. The van der Waals surface area contributed by atoms with Crippen LogP contribution in [0.4, 0.5) is 0 Å². The van der Waals surface area contributed by atoms with E-state index in [4.69, 9.17) is 0 Å². The van der Waals surface area contributed by atoms with Crippen LogP contribution < -0.4 is 0 Å². The van der Waals surface area contributed by atoms with E-state index in [0.717, 1.165) is 10.5 Å². The minimum absolute atomic E-state index is 0.168. The molecule has 2 heteroatoms. The van der Waals surface area contributed by atoms with E-state index in [2.05, 4.69) is 12.6 Å². The highest BCUT2D eigenvalue weighted by atomic mass is 32.1. The van der Waals surface area contributed by atoms with Crippen molar-refractivity contribution in [3.63, 3.8) is 0 Å². The van der Waals surface area contributed by atoms with Crippen LogP contribution in [0.3, 0.4) is 0 Å². The molecule has 0 fully saturated rings. The zero-order chi connectivity index (χ0) is 8.27. The average Bonchev–Trinajstić information content (AvgIpc) is 2.03. The number of ketones is 1. The fourth-order valence-electron chi connectivity index (χ4n) is 0.883. The third-order valence-electron chi connectivity index (χ3n) is 1.49. The Bertz CT molecular complexity index is 268. The van der Waals surface area contributed by atoms with Gasteiger partial charge in [0.2, 0.25) is 0 Å². The van der Waals surface area contributed by atoms with Crippen LogP contribution in [-0.2, 0) is 0 Å². The number of carbonyl (C=O) groups is 1. The molecule has 1 aromatic rings. The standard InChI is InChI=1S/C9H10OS/c1-2-9(10)7-4-3-5-8(11)6-7/h3-6,11H,2H2,1H3. The summed E-state index contributed by atoms with van der Waals surface area (Å²) >= 11 is 4.14. The smallest absolute Gasteiger partial charge is 0.162 e. The lowest BCUT2D eigenvalue weighted by Gasteiger charge is -1.97. The normalized spacial score (nSPS) is 9.64. The Morgan fingerprint density at radius 2 is 2.27 bits per heavy atom. The van der Waals surface area contributed by atoms with Gasteiger partial charge in [-0.2, -0.15) is 0 Å². The summed E-state index contributed by atoms with van der Waals surface area (Å²) in [6.45, 7) is 1.85. The molecule has 0 aliphatic heterocycles. The fraction of sp³-hybridized carbons (Fsp3) is 0.222. The Labute approximate surface area is 71.8 Å². The lowest BCUT2D eigenvalue weighted by Crippen LogP contribution is -1.95. The number of Topliss-reactive ketones (excluding diaryl/α,β-unsaturated/α-hetero) is 1. The summed E-state index contributed by atoms with van der Waals surface area (Å²) in [5.74, 6) is 0.168. The first-order chi connectivity index (χ1) is 5.24. The molecule has 0 N–H and O–H groups in total. The zero-order valence-corrected chi connectivity index (χ0v) is 7.27. The molecule has 0 bridgehead atoms. The van der Waals surface area contributed by atoms with Gasteiger partial charge < -0.3 is 0 Å². The number of thiol groups is 1. The van der Waals surface area contributed by atoms with Crippen molar-refractivity contribution < 1.29 is 4.79 Å². The number of rotatable bonds is 2. The van der Waals surface area contributed by atoms with Crippen molar-refractivity contribution in [3.8, 4) is 0 Å². The Morgan fingerprint density at radius 3 is 2.82 bits per heavy atom. The molecule has 1 nitrogen and oxygen atoms in total. The van der Waals surface area contributed by atoms with Crippen molar-refractivity contribution in [2.24, 2.45) is 0 Å². The quantitative estimate of drug-likeness (QED) is 0.528. The van der Waals surface area contributed by atoms with E-state index in [1.165, 1.54) is 0 Å². The van der Waals surface area contributed by atoms with E-state index in [1.807, 2.05) is 25.1 Å². The summed E-state index contributed by atoms with van der Waals surface area (Å²) in [4.78, 5) is 12.0. The molecule has 1 aromatic carbocycles. The molecular weight excluding hydrogens is 156 g/mol. The molecule has 0 aliphatic rings. The van der Waals surface area contributed by atoms with Crippen molar-refractivity contribution in [3.05, 3.63) is 29.8 Å². The molecule has 0 saturated heterocycles. The van der Waals surface area contributed by atoms with Gasteiger partial charge in [0.1, 0.15) is 0 Å². The van der Waals surface area contributed by atoms with Crippen molar-refractivity contribution >= 4 is 18.4 Å². The number of benzene rings is 1. The summed E-state index contributed by atoms with van der Waals surface area (Å²) in [6, 6.07) is 7.29. The number of hydrogen-bond acceptors (Lipinski definition) is 2. The van der Waals surface area contributed by atoms with Crippen molar-refractivity contribution in [2.45, 2.75) is 18.2 Å². The highest BCUT2D eigenvalue weighted by Crippen LogP contribution is 2.10. The first-order valence-corrected chi connectivity index (χ1v) is 4.01. The highest BCUT2D eigenvalue weighted by Gasteiger charge is 2.00. The summed E-state index contributed by atoms with van der Waals surface area (Å²) in [6.07, 6.45) is 0.553. The van der Waals surface area contributed by atoms with Crippen LogP contribution in [0, 0.1) is 0 Å². The Kier molecular flexibility index (Phi) is 2.71. The van der Waals surface area contributed by atoms with Gasteiger partial charge in [-0.15, -0.1) is 12.6 Å². The Hall–Kier alpha value is -0.760.